The van der Waals surface area contributed by atoms with Gasteiger partial charge in [-0.2, -0.15) is 0 Å². The Kier molecular flexibility index (Phi) is 4.58. The number of aryl methyl sites for hydroxylation is 1. The van der Waals surface area contributed by atoms with Gasteiger partial charge in [-0.15, -0.1) is 0 Å². The number of aromatic nitrogens is 2. The molecule has 1 aromatic heterocycles. The van der Waals surface area contributed by atoms with Gasteiger partial charge in [0, 0.05) is 31.8 Å². The molecule has 106 valence electrons. The predicted molar refractivity (Wildman–Crippen MR) is 77.7 cm³/mol. The van der Waals surface area contributed by atoms with Crippen molar-refractivity contribution < 1.29 is 5.11 Å². The molecule has 2 N–H and O–H groups in total. The summed E-state index contributed by atoms with van der Waals surface area (Å²) in [4.78, 5) is 11.4. The van der Waals surface area contributed by atoms with Gasteiger partial charge in [-0.05, 0) is 39.5 Å². The van der Waals surface area contributed by atoms with Crippen LogP contribution in [0.2, 0.25) is 0 Å². The number of rotatable bonds is 5. The third-order valence-electron chi connectivity index (χ3n) is 3.81. The Morgan fingerprint density at radius 3 is 2.84 bits per heavy atom. The molecule has 1 fully saturated rings. The van der Waals surface area contributed by atoms with Crippen molar-refractivity contribution in [1.29, 1.82) is 0 Å². The van der Waals surface area contributed by atoms with Crippen LogP contribution < -0.4 is 10.2 Å². The summed E-state index contributed by atoms with van der Waals surface area (Å²) in [6, 6.07) is 0.504. The molecule has 0 radical (unpaired) electrons. The zero-order valence-corrected chi connectivity index (χ0v) is 12.1. The molecule has 1 aliphatic rings. The third-order valence-corrected chi connectivity index (χ3v) is 3.81. The number of aliphatic hydroxyl groups is 1. The first-order valence-electron chi connectivity index (χ1n) is 7.08. The lowest BCUT2D eigenvalue weighted by atomic mass is 10.1. The Labute approximate surface area is 115 Å². The van der Waals surface area contributed by atoms with Crippen molar-refractivity contribution in [2.75, 3.05) is 30.4 Å². The van der Waals surface area contributed by atoms with Gasteiger partial charge in [0.2, 0.25) is 0 Å². The fourth-order valence-electron chi connectivity index (χ4n) is 2.88. The minimum Gasteiger partial charge on any atom is -0.396 e. The van der Waals surface area contributed by atoms with E-state index in [4.69, 9.17) is 5.11 Å². The smallest absolute Gasteiger partial charge is 0.137 e. The number of hydrogen-bond acceptors (Lipinski definition) is 5. The second-order valence-electron chi connectivity index (χ2n) is 5.17. The summed E-state index contributed by atoms with van der Waals surface area (Å²) in [6.45, 7) is 5.33. The molecule has 1 saturated heterocycles. The number of hydrogen-bond donors (Lipinski definition) is 2. The molecule has 0 saturated carbocycles. The number of aliphatic hydroxyl groups excluding tert-OH is 1. The Bertz CT molecular complexity index is 436. The third kappa shape index (κ3) is 2.97. The molecule has 0 bridgehead atoms. The van der Waals surface area contributed by atoms with Gasteiger partial charge in [0.05, 0.1) is 0 Å². The maximum absolute atomic E-state index is 9.01. The van der Waals surface area contributed by atoms with Gasteiger partial charge in [-0.25, -0.2) is 9.97 Å². The van der Waals surface area contributed by atoms with E-state index in [0.29, 0.717) is 6.04 Å². The highest BCUT2D eigenvalue weighted by Gasteiger charge is 2.27. The first kappa shape index (κ1) is 14.1. The molecular formula is C14H24N4O. The summed E-state index contributed by atoms with van der Waals surface area (Å²) in [6.07, 6.45) is 4.29. The van der Waals surface area contributed by atoms with E-state index in [9.17, 15) is 0 Å². The molecule has 1 atom stereocenters. The second-order valence-corrected chi connectivity index (χ2v) is 5.17. The van der Waals surface area contributed by atoms with Crippen molar-refractivity contribution in [3.05, 3.63) is 11.4 Å². The van der Waals surface area contributed by atoms with Crippen LogP contribution in [0.4, 0.5) is 11.6 Å². The number of nitrogens with zero attached hydrogens (tertiary/aromatic N) is 3. The predicted octanol–water partition coefficient (Wildman–Crippen LogP) is 1.88. The summed E-state index contributed by atoms with van der Waals surface area (Å²) in [7, 11) is 1.89. The van der Waals surface area contributed by atoms with E-state index in [2.05, 4.69) is 27.1 Å². The first-order valence-corrected chi connectivity index (χ1v) is 7.08. The van der Waals surface area contributed by atoms with Crippen molar-refractivity contribution in [3.8, 4) is 0 Å². The van der Waals surface area contributed by atoms with Crippen molar-refractivity contribution in [1.82, 2.24) is 9.97 Å². The largest absolute Gasteiger partial charge is 0.396 e. The Morgan fingerprint density at radius 2 is 2.16 bits per heavy atom. The molecule has 0 spiro atoms. The molecular weight excluding hydrogens is 240 g/mol. The van der Waals surface area contributed by atoms with Crippen LogP contribution >= 0.6 is 0 Å². The quantitative estimate of drug-likeness (QED) is 0.850. The van der Waals surface area contributed by atoms with Crippen molar-refractivity contribution in [2.45, 2.75) is 45.6 Å². The highest BCUT2D eigenvalue weighted by Crippen LogP contribution is 2.31. The lowest BCUT2D eigenvalue weighted by Gasteiger charge is -2.28. The molecule has 19 heavy (non-hydrogen) atoms. The van der Waals surface area contributed by atoms with Gasteiger partial charge in [-0.1, -0.05) is 0 Å². The summed E-state index contributed by atoms with van der Waals surface area (Å²) in [5.41, 5.74) is 1.11. The van der Waals surface area contributed by atoms with Crippen LogP contribution in [0.1, 0.15) is 37.1 Å². The van der Waals surface area contributed by atoms with Crippen LogP contribution in [0.3, 0.4) is 0 Å². The molecule has 5 heteroatoms. The van der Waals surface area contributed by atoms with Gasteiger partial charge in [0.25, 0.3) is 0 Å². The standard InChI is InChI=1S/C14H24N4O/c1-10-13(15-3)16-11(2)17-14(10)18-8-4-6-12(18)7-5-9-19/h12,19H,4-9H2,1-3H3,(H,15,16,17). The lowest BCUT2D eigenvalue weighted by Crippen LogP contribution is -2.31. The molecule has 2 rings (SSSR count). The van der Waals surface area contributed by atoms with E-state index in [1.54, 1.807) is 0 Å². The number of nitrogens with one attached hydrogen (secondary N) is 1. The monoisotopic (exact) mass is 264 g/mol. The number of anilines is 2. The molecule has 0 aromatic carbocycles. The van der Waals surface area contributed by atoms with Gasteiger partial charge in [0.1, 0.15) is 17.5 Å². The van der Waals surface area contributed by atoms with Crippen molar-refractivity contribution in [3.63, 3.8) is 0 Å². The molecule has 0 aliphatic carbocycles. The Hall–Kier alpha value is -1.36. The minimum absolute atomic E-state index is 0.272. The zero-order valence-electron chi connectivity index (χ0n) is 12.1. The van der Waals surface area contributed by atoms with Crippen LogP contribution in [0.25, 0.3) is 0 Å². The summed E-state index contributed by atoms with van der Waals surface area (Å²) in [5, 5.41) is 12.2. The molecule has 0 amide bonds. The average molecular weight is 264 g/mol. The summed E-state index contributed by atoms with van der Waals surface area (Å²) < 4.78 is 0. The Balaban J connectivity index is 2.27. The summed E-state index contributed by atoms with van der Waals surface area (Å²) in [5.74, 6) is 2.77. The molecule has 1 aliphatic heterocycles. The Morgan fingerprint density at radius 1 is 1.37 bits per heavy atom. The van der Waals surface area contributed by atoms with Crippen molar-refractivity contribution >= 4 is 11.6 Å². The normalized spacial score (nSPS) is 18.9. The van der Waals surface area contributed by atoms with Gasteiger partial charge in [0.15, 0.2) is 0 Å². The van der Waals surface area contributed by atoms with Crippen LogP contribution in [0.15, 0.2) is 0 Å². The molecule has 2 heterocycles. The van der Waals surface area contributed by atoms with E-state index >= 15 is 0 Å². The first-order chi connectivity index (χ1) is 9.17. The lowest BCUT2D eigenvalue weighted by molar-refractivity contribution is 0.279. The molecule has 5 nitrogen and oxygen atoms in total. The maximum Gasteiger partial charge on any atom is 0.137 e. The van der Waals surface area contributed by atoms with Crippen molar-refractivity contribution in [2.24, 2.45) is 0 Å². The van der Waals surface area contributed by atoms with E-state index in [1.165, 1.54) is 12.8 Å². The SMILES string of the molecule is CNc1nc(C)nc(N2CCCC2CCCO)c1C. The van der Waals surface area contributed by atoms with E-state index < -0.39 is 0 Å². The zero-order chi connectivity index (χ0) is 13.8. The highest BCUT2D eigenvalue weighted by molar-refractivity contribution is 5.59. The molecule has 1 unspecified atom stereocenters. The van der Waals surface area contributed by atoms with Crippen LogP contribution in [-0.2, 0) is 0 Å². The van der Waals surface area contributed by atoms with E-state index in [-0.39, 0.29) is 6.61 Å². The van der Waals surface area contributed by atoms with E-state index in [0.717, 1.165) is 42.4 Å². The van der Waals surface area contributed by atoms with Crippen LogP contribution in [0.5, 0.6) is 0 Å². The van der Waals surface area contributed by atoms with Gasteiger partial charge >= 0.3 is 0 Å². The van der Waals surface area contributed by atoms with E-state index in [1.807, 2.05) is 14.0 Å². The van der Waals surface area contributed by atoms with Crippen LogP contribution in [0, 0.1) is 13.8 Å². The highest BCUT2D eigenvalue weighted by atomic mass is 16.2. The maximum atomic E-state index is 9.01. The van der Waals surface area contributed by atoms with Gasteiger partial charge in [-0.3, -0.25) is 0 Å². The van der Waals surface area contributed by atoms with Crippen LogP contribution in [-0.4, -0.2) is 41.3 Å². The summed E-state index contributed by atoms with van der Waals surface area (Å²) >= 11 is 0. The fraction of sp³-hybridized carbons (Fsp3) is 0.714. The second kappa shape index (κ2) is 6.19. The average Bonchev–Trinajstić information content (AvgIpc) is 2.86. The fourth-order valence-corrected chi connectivity index (χ4v) is 2.88. The topological polar surface area (TPSA) is 61.3 Å². The minimum atomic E-state index is 0.272. The van der Waals surface area contributed by atoms with Gasteiger partial charge < -0.3 is 15.3 Å². The molecule has 1 aromatic rings.